The summed E-state index contributed by atoms with van der Waals surface area (Å²) in [5.41, 5.74) is 1.25. The summed E-state index contributed by atoms with van der Waals surface area (Å²) >= 11 is 0. The Balaban J connectivity index is 1.72. The Bertz CT molecular complexity index is 452. The van der Waals surface area contributed by atoms with E-state index in [-0.39, 0.29) is 6.10 Å². The summed E-state index contributed by atoms with van der Waals surface area (Å²) in [7, 11) is 1.74. The van der Waals surface area contributed by atoms with Crippen molar-refractivity contribution in [2.45, 2.75) is 44.2 Å². The van der Waals surface area contributed by atoms with E-state index >= 15 is 0 Å². The summed E-state index contributed by atoms with van der Waals surface area (Å²) in [6.07, 6.45) is 6.09. The molecule has 1 aromatic carbocycles. The number of nitrogens with one attached hydrogen (secondary N) is 2. The summed E-state index contributed by atoms with van der Waals surface area (Å²) in [5, 5.41) is 6.94. The molecule has 2 saturated heterocycles. The van der Waals surface area contributed by atoms with Crippen LogP contribution in [0.1, 0.15) is 31.2 Å². The third-order valence-corrected chi connectivity index (χ3v) is 4.44. The second-order valence-corrected chi connectivity index (χ2v) is 6.03. The molecule has 0 spiro atoms. The van der Waals surface area contributed by atoms with Crippen molar-refractivity contribution in [2.75, 3.05) is 26.7 Å². The van der Waals surface area contributed by atoms with Crippen LogP contribution in [0.15, 0.2) is 18.2 Å². The van der Waals surface area contributed by atoms with Gasteiger partial charge in [-0.05, 0) is 56.8 Å². The van der Waals surface area contributed by atoms with Crippen molar-refractivity contribution in [3.8, 4) is 11.5 Å². The first-order valence-electron chi connectivity index (χ1n) is 8.13. The molecule has 2 fully saturated rings. The Kier molecular flexibility index (Phi) is 4.99. The number of para-hydroxylation sites is 1. The number of methoxy groups -OCH3 is 1. The van der Waals surface area contributed by atoms with Gasteiger partial charge in [0.25, 0.3) is 0 Å². The predicted molar refractivity (Wildman–Crippen MR) is 84.2 cm³/mol. The van der Waals surface area contributed by atoms with E-state index in [2.05, 4.69) is 22.8 Å². The van der Waals surface area contributed by atoms with Crippen LogP contribution in [0.25, 0.3) is 0 Å². The zero-order valence-corrected chi connectivity index (χ0v) is 12.9. The molecule has 1 aromatic rings. The van der Waals surface area contributed by atoms with E-state index in [1.807, 2.05) is 6.07 Å². The maximum Gasteiger partial charge on any atom is 0.163 e. The highest BCUT2D eigenvalue weighted by Gasteiger charge is 2.21. The van der Waals surface area contributed by atoms with E-state index in [1.165, 1.54) is 24.8 Å². The van der Waals surface area contributed by atoms with Crippen LogP contribution in [-0.2, 0) is 6.42 Å². The third kappa shape index (κ3) is 3.69. The largest absolute Gasteiger partial charge is 0.493 e. The number of hydrogen-bond donors (Lipinski definition) is 2. The lowest BCUT2D eigenvalue weighted by molar-refractivity contribution is 0.161. The number of benzene rings is 1. The molecule has 0 bridgehead atoms. The Hall–Kier alpha value is -1.26. The van der Waals surface area contributed by atoms with E-state index in [9.17, 15) is 0 Å². The van der Waals surface area contributed by atoms with Gasteiger partial charge in [0.2, 0.25) is 0 Å². The second-order valence-electron chi connectivity index (χ2n) is 6.03. The van der Waals surface area contributed by atoms with Gasteiger partial charge < -0.3 is 20.1 Å². The Morgan fingerprint density at radius 2 is 2.10 bits per heavy atom. The molecule has 2 aliphatic heterocycles. The van der Waals surface area contributed by atoms with Crippen LogP contribution in [0.2, 0.25) is 0 Å². The van der Waals surface area contributed by atoms with E-state index in [1.54, 1.807) is 7.11 Å². The van der Waals surface area contributed by atoms with E-state index in [0.29, 0.717) is 6.04 Å². The summed E-state index contributed by atoms with van der Waals surface area (Å²) in [6, 6.07) is 6.84. The van der Waals surface area contributed by atoms with Gasteiger partial charge in [0.15, 0.2) is 11.5 Å². The average molecular weight is 290 g/mol. The van der Waals surface area contributed by atoms with Crippen LogP contribution < -0.4 is 20.1 Å². The van der Waals surface area contributed by atoms with Crippen molar-refractivity contribution in [1.82, 2.24) is 10.6 Å². The normalized spacial score (nSPS) is 25.8. The lowest BCUT2D eigenvalue weighted by Gasteiger charge is -2.25. The van der Waals surface area contributed by atoms with Gasteiger partial charge in [-0.1, -0.05) is 12.1 Å². The monoisotopic (exact) mass is 290 g/mol. The summed E-state index contributed by atoms with van der Waals surface area (Å²) in [4.78, 5) is 0. The Labute approximate surface area is 127 Å². The number of rotatable bonds is 5. The zero-order chi connectivity index (χ0) is 14.5. The lowest BCUT2D eigenvalue weighted by Crippen LogP contribution is -2.37. The van der Waals surface area contributed by atoms with E-state index < -0.39 is 0 Å². The molecule has 0 saturated carbocycles. The van der Waals surface area contributed by atoms with Gasteiger partial charge in [0.05, 0.1) is 7.11 Å². The average Bonchev–Trinajstić information content (AvgIpc) is 3.02. The molecular formula is C17H26N2O2. The fourth-order valence-corrected chi connectivity index (χ4v) is 3.34. The molecule has 116 valence electrons. The molecule has 0 aliphatic carbocycles. The van der Waals surface area contributed by atoms with E-state index in [4.69, 9.17) is 9.47 Å². The number of hydrogen-bond acceptors (Lipinski definition) is 4. The van der Waals surface area contributed by atoms with Crippen molar-refractivity contribution >= 4 is 0 Å². The fourth-order valence-electron chi connectivity index (χ4n) is 3.34. The number of ether oxygens (including phenoxy) is 2. The zero-order valence-electron chi connectivity index (χ0n) is 12.9. The van der Waals surface area contributed by atoms with Gasteiger partial charge in [-0.15, -0.1) is 0 Å². The molecular weight excluding hydrogens is 264 g/mol. The molecule has 2 N–H and O–H groups in total. The first-order valence-corrected chi connectivity index (χ1v) is 8.13. The van der Waals surface area contributed by atoms with Crippen molar-refractivity contribution in [3.63, 3.8) is 0 Å². The molecule has 3 rings (SSSR count). The third-order valence-electron chi connectivity index (χ3n) is 4.44. The van der Waals surface area contributed by atoms with Crippen molar-refractivity contribution < 1.29 is 9.47 Å². The minimum Gasteiger partial charge on any atom is -0.493 e. The molecule has 4 heteroatoms. The molecule has 2 atom stereocenters. The minimum atomic E-state index is 0.257. The maximum absolute atomic E-state index is 6.17. The van der Waals surface area contributed by atoms with Gasteiger partial charge in [-0.3, -0.25) is 0 Å². The van der Waals surface area contributed by atoms with Crippen molar-refractivity contribution in [2.24, 2.45) is 0 Å². The highest BCUT2D eigenvalue weighted by Crippen LogP contribution is 2.33. The molecule has 2 unspecified atom stereocenters. The topological polar surface area (TPSA) is 42.5 Å². The summed E-state index contributed by atoms with van der Waals surface area (Å²) in [6.45, 7) is 3.17. The van der Waals surface area contributed by atoms with Gasteiger partial charge >= 0.3 is 0 Å². The summed E-state index contributed by atoms with van der Waals surface area (Å²) in [5.74, 6) is 1.80. The molecule has 2 aliphatic rings. The second kappa shape index (κ2) is 7.14. The first kappa shape index (κ1) is 14.7. The quantitative estimate of drug-likeness (QED) is 0.872. The van der Waals surface area contributed by atoms with Gasteiger partial charge in [-0.25, -0.2) is 0 Å². The van der Waals surface area contributed by atoms with Gasteiger partial charge in [0, 0.05) is 12.6 Å². The van der Waals surface area contributed by atoms with Crippen molar-refractivity contribution in [1.29, 1.82) is 0 Å². The van der Waals surface area contributed by atoms with Crippen LogP contribution in [0.3, 0.4) is 0 Å². The molecule has 0 aromatic heterocycles. The van der Waals surface area contributed by atoms with Gasteiger partial charge in [0.1, 0.15) is 6.10 Å². The van der Waals surface area contributed by atoms with E-state index in [0.717, 1.165) is 44.0 Å². The first-order chi connectivity index (χ1) is 10.4. The molecule has 0 radical (unpaired) electrons. The minimum absolute atomic E-state index is 0.257. The smallest absolute Gasteiger partial charge is 0.163 e. The Morgan fingerprint density at radius 1 is 1.19 bits per heavy atom. The molecule has 4 nitrogen and oxygen atoms in total. The summed E-state index contributed by atoms with van der Waals surface area (Å²) < 4.78 is 11.8. The highest BCUT2D eigenvalue weighted by molar-refractivity contribution is 5.47. The van der Waals surface area contributed by atoms with Crippen LogP contribution >= 0.6 is 0 Å². The SMILES string of the molecule is COc1c(CC2CCCN2)cccc1OC1CCCNC1. The number of piperidine rings is 1. The standard InChI is InChI=1S/C17H26N2O2/c1-20-17-13(11-14-6-3-10-19-14)5-2-8-16(17)21-15-7-4-9-18-12-15/h2,5,8,14-15,18-19H,3-4,6-7,9-12H2,1H3. The van der Waals surface area contributed by atoms with Crippen LogP contribution in [0.4, 0.5) is 0 Å². The molecule has 2 heterocycles. The van der Waals surface area contributed by atoms with Crippen LogP contribution in [-0.4, -0.2) is 38.9 Å². The fraction of sp³-hybridized carbons (Fsp3) is 0.647. The van der Waals surface area contributed by atoms with Crippen LogP contribution in [0.5, 0.6) is 11.5 Å². The lowest BCUT2D eigenvalue weighted by atomic mass is 10.0. The van der Waals surface area contributed by atoms with Crippen molar-refractivity contribution in [3.05, 3.63) is 23.8 Å². The van der Waals surface area contributed by atoms with Crippen LogP contribution in [0, 0.1) is 0 Å². The maximum atomic E-state index is 6.17. The predicted octanol–water partition coefficient (Wildman–Crippen LogP) is 2.12. The highest BCUT2D eigenvalue weighted by atomic mass is 16.5. The molecule has 21 heavy (non-hydrogen) atoms. The Morgan fingerprint density at radius 3 is 2.81 bits per heavy atom. The molecule has 0 amide bonds. The van der Waals surface area contributed by atoms with Gasteiger partial charge in [-0.2, -0.15) is 0 Å².